The van der Waals surface area contributed by atoms with Crippen molar-refractivity contribution in [2.75, 3.05) is 13.1 Å². The van der Waals surface area contributed by atoms with Crippen molar-refractivity contribution < 1.29 is 10.2 Å². The van der Waals surface area contributed by atoms with Crippen molar-refractivity contribution >= 4 is 0 Å². The molecule has 1 heterocycles. The molecule has 0 radical (unpaired) electrons. The number of hydrogen-bond acceptors (Lipinski definition) is 3. The molecule has 2 atom stereocenters. The standard InChI is InChI=1S/C16H19NO2/c1-2-7-17-8-3-4-12-9-13-11(10-14(12)17)5-6-15(18)16(13)19/h1,5-6,12,14,18-19H,3-4,7-10H2/t12?,14-/m1/s1. The van der Waals surface area contributed by atoms with Gasteiger partial charge in [0, 0.05) is 11.6 Å². The van der Waals surface area contributed by atoms with Crippen LogP contribution in [0.5, 0.6) is 11.5 Å². The number of nitrogens with zero attached hydrogens (tertiary/aromatic N) is 1. The predicted octanol–water partition coefficient (Wildman–Crippen LogP) is 1.91. The van der Waals surface area contributed by atoms with Crippen molar-refractivity contribution in [3.8, 4) is 23.8 Å². The maximum absolute atomic E-state index is 10.0. The van der Waals surface area contributed by atoms with Crippen molar-refractivity contribution in [1.29, 1.82) is 0 Å². The fourth-order valence-corrected chi connectivity index (χ4v) is 3.63. The number of phenolic OH excluding ortho intramolecular Hbond substituents is 2. The van der Waals surface area contributed by atoms with E-state index in [9.17, 15) is 10.2 Å². The van der Waals surface area contributed by atoms with Gasteiger partial charge in [-0.25, -0.2) is 0 Å². The minimum absolute atomic E-state index is 0.00603. The summed E-state index contributed by atoms with van der Waals surface area (Å²) in [4.78, 5) is 2.39. The van der Waals surface area contributed by atoms with Gasteiger partial charge in [0.05, 0.1) is 6.54 Å². The Morgan fingerprint density at radius 3 is 2.95 bits per heavy atom. The zero-order valence-electron chi connectivity index (χ0n) is 11.0. The fraction of sp³-hybridized carbons (Fsp3) is 0.500. The van der Waals surface area contributed by atoms with Crippen molar-refractivity contribution in [2.45, 2.75) is 31.7 Å². The highest BCUT2D eigenvalue weighted by molar-refractivity contribution is 5.50. The number of terminal acetylenes is 1. The number of likely N-dealkylation sites (tertiary alicyclic amines) is 1. The van der Waals surface area contributed by atoms with E-state index >= 15 is 0 Å². The molecule has 1 aromatic carbocycles. The lowest BCUT2D eigenvalue weighted by Crippen LogP contribution is -2.49. The summed E-state index contributed by atoms with van der Waals surface area (Å²) in [6.07, 6.45) is 9.57. The molecule has 0 spiro atoms. The van der Waals surface area contributed by atoms with E-state index in [2.05, 4.69) is 10.8 Å². The minimum Gasteiger partial charge on any atom is -0.504 e. The van der Waals surface area contributed by atoms with E-state index in [4.69, 9.17) is 6.42 Å². The van der Waals surface area contributed by atoms with Crippen LogP contribution in [0.1, 0.15) is 24.0 Å². The highest BCUT2D eigenvalue weighted by Crippen LogP contribution is 2.41. The van der Waals surface area contributed by atoms with Gasteiger partial charge < -0.3 is 10.2 Å². The molecule has 3 nitrogen and oxygen atoms in total. The molecule has 1 unspecified atom stereocenters. The van der Waals surface area contributed by atoms with E-state index in [0.717, 1.165) is 36.9 Å². The Bertz CT molecular complexity index is 532. The van der Waals surface area contributed by atoms with Crippen LogP contribution in [0, 0.1) is 18.3 Å². The van der Waals surface area contributed by atoms with Crippen LogP contribution >= 0.6 is 0 Å². The molecule has 0 saturated carbocycles. The molecule has 1 fully saturated rings. The number of fused-ring (bicyclic) bond motifs is 2. The maximum atomic E-state index is 10.0. The molecule has 0 aromatic heterocycles. The van der Waals surface area contributed by atoms with E-state index < -0.39 is 0 Å². The zero-order valence-corrected chi connectivity index (χ0v) is 11.0. The van der Waals surface area contributed by atoms with Gasteiger partial charge in [-0.05, 0) is 49.8 Å². The van der Waals surface area contributed by atoms with Crippen molar-refractivity contribution in [3.63, 3.8) is 0 Å². The molecule has 1 aliphatic heterocycles. The van der Waals surface area contributed by atoms with Crippen LogP contribution in [0.15, 0.2) is 12.1 Å². The zero-order chi connectivity index (χ0) is 13.4. The topological polar surface area (TPSA) is 43.7 Å². The number of piperidine rings is 1. The molecule has 3 rings (SSSR count). The Hall–Kier alpha value is -1.66. The van der Waals surface area contributed by atoms with Gasteiger partial charge in [-0.3, -0.25) is 4.90 Å². The summed E-state index contributed by atoms with van der Waals surface area (Å²) in [5, 5.41) is 19.6. The number of phenols is 2. The molecule has 0 amide bonds. The SMILES string of the molecule is C#CCN1CCCC2Cc3c(ccc(O)c3O)C[C@H]21. The molecule has 2 N–H and O–H groups in total. The lowest BCUT2D eigenvalue weighted by molar-refractivity contribution is 0.0985. The minimum atomic E-state index is -0.00603. The normalized spacial score (nSPS) is 26.3. The van der Waals surface area contributed by atoms with Gasteiger partial charge in [-0.15, -0.1) is 6.42 Å². The van der Waals surface area contributed by atoms with Crippen LogP contribution in [0.25, 0.3) is 0 Å². The summed E-state index contributed by atoms with van der Waals surface area (Å²) < 4.78 is 0. The summed E-state index contributed by atoms with van der Waals surface area (Å²) in [5.74, 6) is 3.36. The van der Waals surface area contributed by atoms with Crippen LogP contribution in [-0.2, 0) is 12.8 Å². The van der Waals surface area contributed by atoms with Crippen LogP contribution < -0.4 is 0 Å². The fourth-order valence-electron chi connectivity index (χ4n) is 3.63. The molecule has 3 heteroatoms. The smallest absolute Gasteiger partial charge is 0.160 e. The van der Waals surface area contributed by atoms with Crippen LogP contribution in [0.4, 0.5) is 0 Å². The first-order valence-corrected chi connectivity index (χ1v) is 6.91. The van der Waals surface area contributed by atoms with Crippen molar-refractivity contribution in [2.24, 2.45) is 5.92 Å². The lowest BCUT2D eigenvalue weighted by atomic mass is 9.75. The van der Waals surface area contributed by atoms with E-state index in [1.807, 2.05) is 6.07 Å². The molecule has 0 bridgehead atoms. The van der Waals surface area contributed by atoms with Gasteiger partial charge >= 0.3 is 0 Å². The quantitative estimate of drug-likeness (QED) is 0.596. The monoisotopic (exact) mass is 257 g/mol. The maximum Gasteiger partial charge on any atom is 0.160 e. The predicted molar refractivity (Wildman–Crippen MR) is 74.1 cm³/mol. The Morgan fingerprint density at radius 2 is 2.16 bits per heavy atom. The Kier molecular flexibility index (Phi) is 3.12. The number of benzene rings is 1. The Labute approximate surface area is 113 Å². The summed E-state index contributed by atoms with van der Waals surface area (Å²) in [6.45, 7) is 1.78. The third kappa shape index (κ3) is 2.06. The number of hydrogen-bond donors (Lipinski definition) is 2. The molecule has 100 valence electrons. The average molecular weight is 257 g/mol. The van der Waals surface area contributed by atoms with Crippen LogP contribution in [0.2, 0.25) is 0 Å². The van der Waals surface area contributed by atoms with Gasteiger partial charge in [0.1, 0.15) is 0 Å². The molecular weight excluding hydrogens is 238 g/mol. The molecule has 1 saturated heterocycles. The average Bonchev–Trinajstić information content (AvgIpc) is 2.42. The summed E-state index contributed by atoms with van der Waals surface area (Å²) in [7, 11) is 0. The molecule has 2 aliphatic rings. The van der Waals surface area contributed by atoms with Crippen molar-refractivity contribution in [3.05, 3.63) is 23.3 Å². The van der Waals surface area contributed by atoms with Gasteiger partial charge in [-0.2, -0.15) is 0 Å². The second kappa shape index (κ2) is 4.79. The van der Waals surface area contributed by atoms with Gasteiger partial charge in [0.2, 0.25) is 0 Å². The van der Waals surface area contributed by atoms with E-state index in [1.54, 1.807) is 6.07 Å². The summed E-state index contributed by atoms with van der Waals surface area (Å²) >= 11 is 0. The molecule has 19 heavy (non-hydrogen) atoms. The van der Waals surface area contributed by atoms with Gasteiger partial charge in [0.15, 0.2) is 11.5 Å². The second-order valence-corrected chi connectivity index (χ2v) is 5.62. The number of rotatable bonds is 1. The van der Waals surface area contributed by atoms with Gasteiger partial charge in [-0.1, -0.05) is 12.0 Å². The highest BCUT2D eigenvalue weighted by Gasteiger charge is 2.36. The Balaban J connectivity index is 1.93. The largest absolute Gasteiger partial charge is 0.504 e. The summed E-state index contributed by atoms with van der Waals surface area (Å²) in [6, 6.07) is 4.01. The first-order chi connectivity index (χ1) is 9.20. The molecular formula is C16H19NO2. The first kappa shape index (κ1) is 12.4. The van der Waals surface area contributed by atoms with E-state index in [1.165, 1.54) is 6.42 Å². The first-order valence-electron chi connectivity index (χ1n) is 6.91. The van der Waals surface area contributed by atoms with E-state index in [0.29, 0.717) is 18.5 Å². The van der Waals surface area contributed by atoms with Gasteiger partial charge in [0.25, 0.3) is 0 Å². The van der Waals surface area contributed by atoms with E-state index in [-0.39, 0.29) is 11.5 Å². The van der Waals surface area contributed by atoms with Crippen LogP contribution in [0.3, 0.4) is 0 Å². The number of aromatic hydroxyl groups is 2. The van der Waals surface area contributed by atoms with Crippen molar-refractivity contribution in [1.82, 2.24) is 4.90 Å². The second-order valence-electron chi connectivity index (χ2n) is 5.62. The lowest BCUT2D eigenvalue weighted by Gasteiger charge is -2.44. The Morgan fingerprint density at radius 1 is 1.32 bits per heavy atom. The highest BCUT2D eigenvalue weighted by atomic mass is 16.3. The summed E-state index contributed by atoms with van der Waals surface area (Å²) in [5.41, 5.74) is 2.09. The molecule has 1 aromatic rings. The third-order valence-corrected chi connectivity index (χ3v) is 4.58. The third-order valence-electron chi connectivity index (χ3n) is 4.58. The van der Waals surface area contributed by atoms with Crippen LogP contribution in [-0.4, -0.2) is 34.2 Å². The molecule has 1 aliphatic carbocycles.